The van der Waals surface area contributed by atoms with E-state index >= 15 is 0 Å². The smallest absolute Gasteiger partial charge is 0.419 e. The van der Waals surface area contributed by atoms with Crippen LogP contribution in [-0.2, 0) is 6.18 Å². The summed E-state index contributed by atoms with van der Waals surface area (Å²) in [6.45, 7) is 1.93. The number of benzene rings is 2. The summed E-state index contributed by atoms with van der Waals surface area (Å²) in [5, 5.41) is 0. The monoisotopic (exact) mass is 438 g/mol. The number of hydrogen-bond acceptors (Lipinski definition) is 4. The Morgan fingerprint density at radius 2 is 1.71 bits per heavy atom. The van der Waals surface area contributed by atoms with Crippen molar-refractivity contribution in [3.05, 3.63) is 53.3 Å². The van der Waals surface area contributed by atoms with Crippen LogP contribution in [0.25, 0.3) is 0 Å². The van der Waals surface area contributed by atoms with Crippen LogP contribution in [0.5, 0.6) is 11.5 Å². The Bertz CT molecular complexity index is 934. The van der Waals surface area contributed by atoms with E-state index in [1.54, 1.807) is 14.2 Å². The molecule has 0 unspecified atom stereocenters. The first kappa shape index (κ1) is 21.7. The first-order valence-electron chi connectivity index (χ1n) is 10.4. The van der Waals surface area contributed by atoms with Gasteiger partial charge in [0.25, 0.3) is 0 Å². The molecule has 0 aliphatic carbocycles. The average molecular weight is 438 g/mol. The number of nitrogens with zero attached hydrogens (tertiary/aromatic N) is 2. The van der Waals surface area contributed by atoms with Gasteiger partial charge in [0, 0.05) is 37.4 Å². The number of piperazine rings is 1. The third kappa shape index (κ3) is 4.31. The molecule has 2 heterocycles. The van der Waals surface area contributed by atoms with E-state index in [9.17, 15) is 17.6 Å². The molecule has 0 N–H and O–H groups in total. The summed E-state index contributed by atoms with van der Waals surface area (Å²) in [7, 11) is 3.22. The molecule has 4 nitrogen and oxygen atoms in total. The van der Waals surface area contributed by atoms with Crippen LogP contribution in [0, 0.1) is 5.82 Å². The van der Waals surface area contributed by atoms with Gasteiger partial charge in [-0.1, -0.05) is 6.07 Å². The van der Waals surface area contributed by atoms with Crippen molar-refractivity contribution in [2.24, 2.45) is 0 Å². The van der Waals surface area contributed by atoms with Gasteiger partial charge in [-0.05, 0) is 55.2 Å². The first-order chi connectivity index (χ1) is 14.8. The lowest BCUT2D eigenvalue weighted by molar-refractivity contribution is -0.139. The summed E-state index contributed by atoms with van der Waals surface area (Å²) in [4.78, 5) is 4.38. The molecule has 2 saturated heterocycles. The van der Waals surface area contributed by atoms with Crippen molar-refractivity contribution in [1.29, 1.82) is 0 Å². The highest BCUT2D eigenvalue weighted by Crippen LogP contribution is 2.40. The molecule has 2 aliphatic heterocycles. The molecule has 31 heavy (non-hydrogen) atoms. The fourth-order valence-electron chi connectivity index (χ4n) is 4.83. The van der Waals surface area contributed by atoms with Crippen molar-refractivity contribution in [2.75, 3.05) is 38.8 Å². The predicted octanol–water partition coefficient (Wildman–Crippen LogP) is 5.28. The van der Waals surface area contributed by atoms with Gasteiger partial charge in [-0.2, -0.15) is 13.2 Å². The standard InChI is InChI=1S/C23H26F4N2O2/c1-30-21-9-6-15(12-22(21)31-2)20-5-3-4-17-14-28(10-11-29(17)20)16-7-8-19(24)18(13-16)23(25,26)27/h6-9,12-13,17,20H,3-5,10-11,14H2,1-2H3/t17-,20+/m0/s1. The zero-order valence-electron chi connectivity index (χ0n) is 17.6. The molecule has 0 spiro atoms. The Balaban J connectivity index is 1.54. The van der Waals surface area contributed by atoms with Gasteiger partial charge in [0.05, 0.1) is 19.8 Å². The number of alkyl halides is 3. The molecule has 2 aromatic carbocycles. The molecule has 2 atom stereocenters. The Labute approximate surface area is 179 Å². The van der Waals surface area contributed by atoms with Crippen molar-refractivity contribution < 1.29 is 27.0 Å². The van der Waals surface area contributed by atoms with E-state index in [4.69, 9.17) is 9.47 Å². The molecule has 2 aliphatic rings. The quantitative estimate of drug-likeness (QED) is 0.607. The number of hydrogen-bond donors (Lipinski definition) is 0. The first-order valence-corrected chi connectivity index (χ1v) is 10.4. The molecule has 168 valence electrons. The SMILES string of the molecule is COc1ccc([C@H]2CCC[C@H]3CN(c4ccc(F)c(C(F)(F)F)c4)CCN32)cc1OC. The molecule has 8 heteroatoms. The minimum absolute atomic E-state index is 0.222. The number of methoxy groups -OCH3 is 2. The maximum atomic E-state index is 13.7. The summed E-state index contributed by atoms with van der Waals surface area (Å²) in [6.07, 6.45) is -1.68. The highest BCUT2D eigenvalue weighted by molar-refractivity contribution is 5.51. The average Bonchev–Trinajstić information content (AvgIpc) is 2.77. The summed E-state index contributed by atoms with van der Waals surface area (Å²) in [5.74, 6) is 0.132. The van der Waals surface area contributed by atoms with Crippen molar-refractivity contribution in [1.82, 2.24) is 4.90 Å². The van der Waals surface area contributed by atoms with E-state index in [1.807, 2.05) is 17.0 Å². The van der Waals surface area contributed by atoms with Gasteiger partial charge in [0.2, 0.25) is 0 Å². The second-order valence-electron chi connectivity index (χ2n) is 8.06. The van der Waals surface area contributed by atoms with Crippen LogP contribution in [0.3, 0.4) is 0 Å². The fourth-order valence-corrected chi connectivity index (χ4v) is 4.83. The van der Waals surface area contributed by atoms with Crippen LogP contribution < -0.4 is 14.4 Å². The van der Waals surface area contributed by atoms with Crippen molar-refractivity contribution in [3.8, 4) is 11.5 Å². The number of halogens is 4. The molecule has 2 aromatic rings. The van der Waals surface area contributed by atoms with Gasteiger partial charge in [-0.15, -0.1) is 0 Å². The Morgan fingerprint density at radius 1 is 0.935 bits per heavy atom. The number of rotatable bonds is 4. The van der Waals surface area contributed by atoms with Gasteiger partial charge in [0.15, 0.2) is 11.5 Å². The second kappa shape index (κ2) is 8.57. The minimum atomic E-state index is -4.70. The van der Waals surface area contributed by atoms with Crippen molar-refractivity contribution >= 4 is 5.69 Å². The third-order valence-electron chi connectivity index (χ3n) is 6.36. The van der Waals surface area contributed by atoms with Crippen LogP contribution in [0.15, 0.2) is 36.4 Å². The number of ether oxygens (including phenoxy) is 2. The summed E-state index contributed by atoms with van der Waals surface area (Å²) in [5.41, 5.74) is 0.359. The highest BCUT2D eigenvalue weighted by Gasteiger charge is 2.38. The summed E-state index contributed by atoms with van der Waals surface area (Å²) < 4.78 is 63.9. The maximum absolute atomic E-state index is 13.7. The predicted molar refractivity (Wildman–Crippen MR) is 110 cm³/mol. The van der Waals surface area contributed by atoms with Gasteiger partial charge >= 0.3 is 6.18 Å². The summed E-state index contributed by atoms with van der Waals surface area (Å²) in [6, 6.07) is 9.70. The number of fused-ring (bicyclic) bond motifs is 1. The van der Waals surface area contributed by atoms with E-state index in [1.165, 1.54) is 6.07 Å². The van der Waals surface area contributed by atoms with E-state index in [0.717, 1.165) is 43.5 Å². The lowest BCUT2D eigenvalue weighted by atomic mass is 9.89. The van der Waals surface area contributed by atoms with Crippen LogP contribution in [0.1, 0.15) is 36.4 Å². The zero-order chi connectivity index (χ0) is 22.2. The topological polar surface area (TPSA) is 24.9 Å². The highest BCUT2D eigenvalue weighted by atomic mass is 19.4. The van der Waals surface area contributed by atoms with Crippen molar-refractivity contribution in [3.63, 3.8) is 0 Å². The van der Waals surface area contributed by atoms with Crippen molar-refractivity contribution in [2.45, 2.75) is 37.5 Å². The molecule has 0 saturated carbocycles. The molecule has 0 amide bonds. The Kier molecular flexibility index (Phi) is 6.01. The van der Waals surface area contributed by atoms with E-state index in [2.05, 4.69) is 11.0 Å². The zero-order valence-corrected chi connectivity index (χ0v) is 17.6. The fraction of sp³-hybridized carbons (Fsp3) is 0.478. The van der Waals surface area contributed by atoms with Gasteiger partial charge in [-0.25, -0.2) is 4.39 Å². The largest absolute Gasteiger partial charge is 0.493 e. The minimum Gasteiger partial charge on any atom is -0.493 e. The molecule has 4 rings (SSSR count). The van der Waals surface area contributed by atoms with Gasteiger partial charge in [0.1, 0.15) is 5.82 Å². The Morgan fingerprint density at radius 3 is 2.42 bits per heavy atom. The van der Waals surface area contributed by atoms with E-state index < -0.39 is 17.6 Å². The van der Waals surface area contributed by atoms with Crippen LogP contribution in [0.2, 0.25) is 0 Å². The second-order valence-corrected chi connectivity index (χ2v) is 8.06. The lowest BCUT2D eigenvalue weighted by Gasteiger charge is -2.49. The third-order valence-corrected chi connectivity index (χ3v) is 6.36. The number of anilines is 1. The van der Waals surface area contributed by atoms with Crippen LogP contribution in [0.4, 0.5) is 23.2 Å². The lowest BCUT2D eigenvalue weighted by Crippen LogP contribution is -2.55. The summed E-state index contributed by atoms with van der Waals surface area (Å²) >= 11 is 0. The molecule has 0 bridgehead atoms. The van der Waals surface area contributed by atoms with Gasteiger partial charge in [-0.3, -0.25) is 4.90 Å². The molecular weight excluding hydrogens is 412 g/mol. The molecule has 2 fully saturated rings. The maximum Gasteiger partial charge on any atom is 0.419 e. The van der Waals surface area contributed by atoms with E-state index in [-0.39, 0.29) is 12.1 Å². The molecule has 0 aromatic heterocycles. The molecular formula is C23H26F4N2O2. The number of piperidine rings is 1. The van der Waals surface area contributed by atoms with Crippen LogP contribution >= 0.6 is 0 Å². The normalized spacial score (nSPS) is 22.2. The Hall–Kier alpha value is -2.48. The van der Waals surface area contributed by atoms with Gasteiger partial charge < -0.3 is 14.4 Å². The van der Waals surface area contributed by atoms with Crippen LogP contribution in [-0.4, -0.2) is 44.8 Å². The van der Waals surface area contributed by atoms with E-state index in [0.29, 0.717) is 30.3 Å². The molecule has 0 radical (unpaired) electrons.